The predicted molar refractivity (Wildman–Crippen MR) is 120 cm³/mol. The predicted octanol–water partition coefficient (Wildman–Crippen LogP) is 3.12. The molecule has 0 unspecified atom stereocenters. The van der Waals surface area contributed by atoms with Crippen LogP contribution in [0.3, 0.4) is 0 Å². The lowest BCUT2D eigenvalue weighted by Crippen LogP contribution is -2.52. The third kappa shape index (κ3) is 4.51. The SMILES string of the molecule is Cc1c(NC(=O)CN2C[C@@H](C(=O)N3CCCCC3)Oc3ccccc32)cccc1[N+](=O)[O-]. The third-order valence-corrected chi connectivity index (χ3v) is 5.92. The lowest BCUT2D eigenvalue weighted by Gasteiger charge is -2.38. The molecule has 168 valence electrons. The van der Waals surface area contributed by atoms with Crippen molar-refractivity contribution in [3.05, 3.63) is 58.1 Å². The number of benzene rings is 2. The first-order valence-corrected chi connectivity index (χ1v) is 10.8. The van der Waals surface area contributed by atoms with Crippen molar-refractivity contribution in [2.45, 2.75) is 32.3 Å². The second kappa shape index (κ2) is 9.25. The van der Waals surface area contributed by atoms with Crippen molar-refractivity contribution in [2.24, 2.45) is 0 Å². The number of hydrogen-bond donors (Lipinski definition) is 1. The van der Waals surface area contributed by atoms with E-state index in [1.54, 1.807) is 19.1 Å². The summed E-state index contributed by atoms with van der Waals surface area (Å²) < 4.78 is 6.00. The number of anilines is 2. The van der Waals surface area contributed by atoms with Crippen LogP contribution in [-0.2, 0) is 9.59 Å². The number of hydrogen-bond acceptors (Lipinski definition) is 6. The van der Waals surface area contributed by atoms with Gasteiger partial charge in [0.05, 0.1) is 35.0 Å². The van der Waals surface area contributed by atoms with Crippen LogP contribution < -0.4 is 15.0 Å². The maximum absolute atomic E-state index is 13.0. The summed E-state index contributed by atoms with van der Waals surface area (Å²) >= 11 is 0. The summed E-state index contributed by atoms with van der Waals surface area (Å²) in [5.74, 6) is 0.182. The Hall–Kier alpha value is -3.62. The van der Waals surface area contributed by atoms with E-state index in [0.29, 0.717) is 17.0 Å². The lowest BCUT2D eigenvalue weighted by molar-refractivity contribution is -0.385. The molecule has 32 heavy (non-hydrogen) atoms. The number of carbonyl (C=O) groups is 2. The highest BCUT2D eigenvalue weighted by atomic mass is 16.6. The summed E-state index contributed by atoms with van der Waals surface area (Å²) in [6.45, 7) is 3.31. The van der Waals surface area contributed by atoms with Crippen LogP contribution in [0.1, 0.15) is 24.8 Å². The van der Waals surface area contributed by atoms with Gasteiger partial charge in [0.25, 0.3) is 11.6 Å². The van der Waals surface area contributed by atoms with E-state index < -0.39 is 11.0 Å². The molecule has 2 aliphatic heterocycles. The summed E-state index contributed by atoms with van der Waals surface area (Å²) in [7, 11) is 0. The molecule has 2 aromatic carbocycles. The molecular formula is C23H26N4O5. The number of nitro groups is 1. The van der Waals surface area contributed by atoms with Crippen LogP contribution in [0.5, 0.6) is 5.75 Å². The molecule has 4 rings (SSSR count). The molecule has 1 saturated heterocycles. The topological polar surface area (TPSA) is 105 Å². The molecule has 0 saturated carbocycles. The van der Waals surface area contributed by atoms with Crippen LogP contribution in [0.2, 0.25) is 0 Å². The fourth-order valence-corrected chi connectivity index (χ4v) is 4.22. The molecule has 0 aromatic heterocycles. The van der Waals surface area contributed by atoms with Crippen molar-refractivity contribution in [2.75, 3.05) is 36.4 Å². The van der Waals surface area contributed by atoms with Crippen molar-refractivity contribution in [3.63, 3.8) is 0 Å². The average Bonchev–Trinajstić information content (AvgIpc) is 2.80. The van der Waals surface area contributed by atoms with Gasteiger partial charge in [-0.15, -0.1) is 0 Å². The van der Waals surface area contributed by atoms with Crippen molar-refractivity contribution >= 4 is 28.9 Å². The molecule has 0 spiro atoms. The number of rotatable bonds is 5. The van der Waals surface area contributed by atoms with E-state index in [1.807, 2.05) is 28.0 Å². The smallest absolute Gasteiger partial charge is 0.274 e. The molecule has 1 N–H and O–H groups in total. The van der Waals surface area contributed by atoms with Crippen molar-refractivity contribution in [1.82, 2.24) is 4.90 Å². The molecule has 2 heterocycles. The molecule has 9 nitrogen and oxygen atoms in total. The Morgan fingerprint density at radius 2 is 1.88 bits per heavy atom. The Morgan fingerprint density at radius 1 is 1.12 bits per heavy atom. The third-order valence-electron chi connectivity index (χ3n) is 5.92. The van der Waals surface area contributed by atoms with E-state index in [9.17, 15) is 19.7 Å². The van der Waals surface area contributed by atoms with E-state index in [1.165, 1.54) is 12.1 Å². The zero-order valence-corrected chi connectivity index (χ0v) is 18.0. The van der Waals surface area contributed by atoms with Crippen LogP contribution in [0.4, 0.5) is 17.1 Å². The number of nitrogens with zero attached hydrogens (tertiary/aromatic N) is 3. The molecule has 2 aliphatic rings. The van der Waals surface area contributed by atoms with Gasteiger partial charge in [0.1, 0.15) is 5.75 Å². The van der Waals surface area contributed by atoms with Gasteiger partial charge in [0.2, 0.25) is 5.91 Å². The summed E-state index contributed by atoms with van der Waals surface area (Å²) in [5, 5.41) is 13.9. The standard InChI is InChI=1S/C23H26N4O5/c1-16-17(8-7-10-18(16)27(30)31)24-22(28)15-26-14-21(23(29)25-12-5-2-6-13-25)32-20-11-4-3-9-19(20)26/h3-4,7-11,21H,2,5-6,12-15H2,1H3,(H,24,28)/t21-/m0/s1. The number of piperidine rings is 1. The monoisotopic (exact) mass is 438 g/mol. The van der Waals surface area contributed by atoms with Crippen LogP contribution >= 0.6 is 0 Å². The quantitative estimate of drug-likeness (QED) is 0.568. The maximum Gasteiger partial charge on any atom is 0.274 e. The summed E-state index contributed by atoms with van der Waals surface area (Å²) in [5.41, 5.74) is 1.48. The summed E-state index contributed by atoms with van der Waals surface area (Å²) in [6.07, 6.45) is 2.42. The van der Waals surface area contributed by atoms with Gasteiger partial charge in [-0.2, -0.15) is 0 Å². The Kier molecular flexibility index (Phi) is 6.25. The first-order chi connectivity index (χ1) is 15.4. The highest BCUT2D eigenvalue weighted by Crippen LogP contribution is 2.34. The number of para-hydroxylation sites is 2. The highest BCUT2D eigenvalue weighted by molar-refractivity contribution is 5.96. The number of ether oxygens (including phenoxy) is 1. The van der Waals surface area contributed by atoms with E-state index in [2.05, 4.69) is 5.32 Å². The number of amides is 2. The van der Waals surface area contributed by atoms with E-state index in [0.717, 1.165) is 38.0 Å². The number of nitro benzene ring substituents is 1. The Labute approximate surface area is 186 Å². The minimum Gasteiger partial charge on any atom is -0.477 e. The highest BCUT2D eigenvalue weighted by Gasteiger charge is 2.34. The van der Waals surface area contributed by atoms with Crippen LogP contribution in [0.25, 0.3) is 0 Å². The van der Waals surface area contributed by atoms with Crippen molar-refractivity contribution < 1.29 is 19.2 Å². The van der Waals surface area contributed by atoms with Gasteiger partial charge in [-0.3, -0.25) is 19.7 Å². The van der Waals surface area contributed by atoms with E-state index >= 15 is 0 Å². The van der Waals surface area contributed by atoms with Crippen LogP contribution in [0, 0.1) is 17.0 Å². The number of nitrogens with one attached hydrogen (secondary N) is 1. The zero-order chi connectivity index (χ0) is 22.7. The van der Waals surface area contributed by atoms with Gasteiger partial charge >= 0.3 is 0 Å². The number of fused-ring (bicyclic) bond motifs is 1. The van der Waals surface area contributed by atoms with Gasteiger partial charge in [-0.1, -0.05) is 18.2 Å². The fourth-order valence-electron chi connectivity index (χ4n) is 4.22. The molecule has 0 radical (unpaired) electrons. The lowest BCUT2D eigenvalue weighted by atomic mass is 10.1. The normalized spacial score (nSPS) is 17.8. The van der Waals surface area contributed by atoms with Gasteiger partial charge in [0, 0.05) is 19.2 Å². The largest absolute Gasteiger partial charge is 0.477 e. The number of carbonyl (C=O) groups excluding carboxylic acids is 2. The Bertz CT molecular complexity index is 1030. The molecule has 0 aliphatic carbocycles. The summed E-state index contributed by atoms with van der Waals surface area (Å²) in [4.78, 5) is 40.3. The van der Waals surface area contributed by atoms with Gasteiger partial charge in [-0.05, 0) is 44.4 Å². The first kappa shape index (κ1) is 21.6. The Morgan fingerprint density at radius 3 is 2.62 bits per heavy atom. The average molecular weight is 438 g/mol. The molecular weight excluding hydrogens is 412 g/mol. The molecule has 1 atom stereocenters. The zero-order valence-electron chi connectivity index (χ0n) is 18.0. The van der Waals surface area contributed by atoms with Gasteiger partial charge in [-0.25, -0.2) is 0 Å². The molecule has 2 amide bonds. The number of likely N-dealkylation sites (tertiary alicyclic amines) is 1. The second-order valence-electron chi connectivity index (χ2n) is 8.10. The van der Waals surface area contributed by atoms with Crippen molar-refractivity contribution in [3.8, 4) is 5.75 Å². The minimum atomic E-state index is -0.685. The van der Waals surface area contributed by atoms with Gasteiger partial charge in [0.15, 0.2) is 6.10 Å². The maximum atomic E-state index is 13.0. The van der Waals surface area contributed by atoms with E-state index in [4.69, 9.17) is 4.74 Å². The minimum absolute atomic E-state index is 0.00765. The molecule has 1 fully saturated rings. The second-order valence-corrected chi connectivity index (χ2v) is 8.10. The molecule has 2 aromatic rings. The van der Waals surface area contributed by atoms with Crippen LogP contribution in [0.15, 0.2) is 42.5 Å². The van der Waals surface area contributed by atoms with Crippen molar-refractivity contribution in [1.29, 1.82) is 0 Å². The van der Waals surface area contributed by atoms with E-state index in [-0.39, 0.29) is 30.6 Å². The Balaban J connectivity index is 1.50. The fraction of sp³-hybridized carbons (Fsp3) is 0.391. The summed E-state index contributed by atoms with van der Waals surface area (Å²) in [6, 6.07) is 11.9. The molecule has 0 bridgehead atoms. The van der Waals surface area contributed by atoms with Crippen LogP contribution in [-0.4, -0.2) is 53.9 Å². The van der Waals surface area contributed by atoms with Gasteiger partial charge < -0.3 is 19.9 Å². The first-order valence-electron chi connectivity index (χ1n) is 10.8. The molecule has 9 heteroatoms.